The van der Waals surface area contributed by atoms with Gasteiger partial charge < -0.3 is 9.15 Å². The molecule has 0 saturated heterocycles. The van der Waals surface area contributed by atoms with Crippen molar-refractivity contribution in [3.05, 3.63) is 47.0 Å². The van der Waals surface area contributed by atoms with E-state index in [0.29, 0.717) is 6.61 Å². The van der Waals surface area contributed by atoms with Crippen LogP contribution in [0.4, 0.5) is 0 Å². The Bertz CT molecular complexity index is 928. The summed E-state index contributed by atoms with van der Waals surface area (Å²) in [7, 11) is 0. The number of esters is 1. The van der Waals surface area contributed by atoms with E-state index in [1.54, 1.807) is 24.3 Å². The molecule has 25 heavy (non-hydrogen) atoms. The number of carbonyl (C=O) groups is 1. The molecule has 4 nitrogen and oxygen atoms in total. The highest BCUT2D eigenvalue weighted by molar-refractivity contribution is 7.13. The summed E-state index contributed by atoms with van der Waals surface area (Å²) >= 11 is 1.59. The quantitative estimate of drug-likeness (QED) is 0.462. The Balaban J connectivity index is 1.88. The van der Waals surface area contributed by atoms with Gasteiger partial charge in [0.2, 0.25) is 0 Å². The van der Waals surface area contributed by atoms with Crippen LogP contribution >= 0.6 is 11.3 Å². The molecule has 0 fully saturated rings. The lowest BCUT2D eigenvalue weighted by atomic mass is 9.93. The van der Waals surface area contributed by atoms with E-state index < -0.39 is 0 Å². The van der Waals surface area contributed by atoms with E-state index >= 15 is 0 Å². The molecular formula is C20H21NO3S. The number of carbonyl (C=O) groups excluding carboxylic acids is 1. The molecule has 1 aromatic carbocycles. The summed E-state index contributed by atoms with van der Waals surface area (Å²) in [5.41, 5.74) is 2.80. The summed E-state index contributed by atoms with van der Waals surface area (Å²) in [5, 5.41) is 3.94. The topological polar surface area (TPSA) is 52.3 Å². The number of fused-ring (bicyclic) bond motifs is 1. The maximum absolute atomic E-state index is 11.4. The molecule has 0 radical (unpaired) electrons. The van der Waals surface area contributed by atoms with Gasteiger partial charge >= 0.3 is 5.97 Å². The zero-order chi connectivity index (χ0) is 18.0. The zero-order valence-corrected chi connectivity index (χ0v) is 15.6. The van der Waals surface area contributed by atoms with Crippen molar-refractivity contribution in [2.24, 2.45) is 0 Å². The number of furan rings is 1. The first kappa shape index (κ1) is 17.4. The summed E-state index contributed by atoms with van der Waals surface area (Å²) < 4.78 is 10.8. The molecular weight excluding hydrogens is 334 g/mol. The molecule has 3 aromatic rings. The number of nitrogens with zero attached hydrogens (tertiary/aromatic N) is 1. The van der Waals surface area contributed by atoms with Crippen LogP contribution in [0.15, 0.2) is 40.1 Å². The molecule has 2 aromatic heterocycles. The van der Waals surface area contributed by atoms with Crippen LogP contribution in [-0.4, -0.2) is 17.6 Å². The number of aromatic nitrogens is 1. The minimum Gasteiger partial charge on any atom is -0.463 e. The Morgan fingerprint density at radius 1 is 1.32 bits per heavy atom. The van der Waals surface area contributed by atoms with Gasteiger partial charge in [-0.1, -0.05) is 26.8 Å². The molecule has 0 saturated carbocycles. The summed E-state index contributed by atoms with van der Waals surface area (Å²) in [6.07, 6.45) is 3.17. The maximum Gasteiger partial charge on any atom is 0.330 e. The van der Waals surface area contributed by atoms with Gasteiger partial charge in [0, 0.05) is 22.3 Å². The lowest BCUT2D eigenvalue weighted by Gasteiger charge is -2.13. The van der Waals surface area contributed by atoms with Crippen molar-refractivity contribution in [2.45, 2.75) is 33.1 Å². The van der Waals surface area contributed by atoms with Crippen LogP contribution in [0.2, 0.25) is 0 Å². The standard InChI is InChI=1S/C20H21NO3S/c1-5-23-18(22)9-7-13-6-8-15-14(10-13)11-16(24-15)19-21-17(12-25-19)20(2,3)4/h6-12H,5H2,1-4H3. The first-order valence-electron chi connectivity index (χ1n) is 8.21. The van der Waals surface area contributed by atoms with E-state index in [1.807, 2.05) is 24.3 Å². The lowest BCUT2D eigenvalue weighted by molar-refractivity contribution is -0.137. The van der Waals surface area contributed by atoms with Gasteiger partial charge in [-0.05, 0) is 36.8 Å². The van der Waals surface area contributed by atoms with Gasteiger partial charge in [-0.2, -0.15) is 0 Å². The van der Waals surface area contributed by atoms with E-state index in [2.05, 4.69) is 26.2 Å². The van der Waals surface area contributed by atoms with Crippen molar-refractivity contribution in [2.75, 3.05) is 6.61 Å². The molecule has 2 heterocycles. The van der Waals surface area contributed by atoms with E-state index in [4.69, 9.17) is 14.1 Å². The minimum atomic E-state index is -0.340. The molecule has 0 atom stereocenters. The summed E-state index contributed by atoms with van der Waals surface area (Å²) in [5.74, 6) is 0.426. The summed E-state index contributed by atoms with van der Waals surface area (Å²) in [6, 6.07) is 7.79. The molecule has 0 unspecified atom stereocenters. The highest BCUT2D eigenvalue weighted by Crippen LogP contribution is 2.33. The molecule has 3 rings (SSSR count). The third kappa shape index (κ3) is 3.99. The Labute approximate surface area is 151 Å². The van der Waals surface area contributed by atoms with Gasteiger partial charge in [-0.15, -0.1) is 11.3 Å². The molecule has 0 N–H and O–H groups in total. The third-order valence-electron chi connectivity index (χ3n) is 3.72. The van der Waals surface area contributed by atoms with Crippen molar-refractivity contribution in [1.29, 1.82) is 0 Å². The number of thiazole rings is 1. The number of hydrogen-bond donors (Lipinski definition) is 0. The first-order valence-corrected chi connectivity index (χ1v) is 9.09. The van der Waals surface area contributed by atoms with Gasteiger partial charge in [0.1, 0.15) is 5.58 Å². The van der Waals surface area contributed by atoms with Crippen molar-refractivity contribution in [1.82, 2.24) is 4.98 Å². The average Bonchev–Trinajstić information content (AvgIpc) is 3.18. The average molecular weight is 355 g/mol. The van der Waals surface area contributed by atoms with Crippen molar-refractivity contribution in [3.63, 3.8) is 0 Å². The van der Waals surface area contributed by atoms with Crippen LogP contribution in [0.5, 0.6) is 0 Å². The first-order chi connectivity index (χ1) is 11.9. The molecule has 5 heteroatoms. The largest absolute Gasteiger partial charge is 0.463 e. The Hall–Kier alpha value is -2.40. The van der Waals surface area contributed by atoms with Crippen LogP contribution in [0.1, 0.15) is 39.0 Å². The van der Waals surface area contributed by atoms with Gasteiger partial charge in [-0.25, -0.2) is 9.78 Å². The molecule has 0 aliphatic carbocycles. The highest BCUT2D eigenvalue weighted by atomic mass is 32.1. The second-order valence-corrected chi connectivity index (χ2v) is 7.64. The van der Waals surface area contributed by atoms with Crippen LogP contribution < -0.4 is 0 Å². The number of rotatable bonds is 4. The van der Waals surface area contributed by atoms with Gasteiger partial charge in [-0.3, -0.25) is 0 Å². The smallest absolute Gasteiger partial charge is 0.330 e. The predicted octanol–water partition coefficient (Wildman–Crippen LogP) is 5.43. The Morgan fingerprint density at radius 2 is 2.12 bits per heavy atom. The van der Waals surface area contributed by atoms with E-state index in [9.17, 15) is 4.79 Å². The van der Waals surface area contributed by atoms with Crippen molar-refractivity contribution < 1.29 is 13.9 Å². The minimum absolute atomic E-state index is 0.0197. The molecule has 0 aliphatic heterocycles. The summed E-state index contributed by atoms with van der Waals surface area (Å²) in [6.45, 7) is 8.60. The zero-order valence-electron chi connectivity index (χ0n) is 14.8. The normalized spacial score (nSPS) is 12.2. The Morgan fingerprint density at radius 3 is 2.80 bits per heavy atom. The Kier molecular flexibility index (Phi) is 4.77. The monoisotopic (exact) mass is 355 g/mol. The SMILES string of the molecule is CCOC(=O)C=Cc1ccc2oc(-c3nc(C(C)(C)C)cs3)cc2c1. The number of hydrogen-bond acceptors (Lipinski definition) is 5. The second-order valence-electron chi connectivity index (χ2n) is 6.78. The van der Waals surface area contributed by atoms with Crippen LogP contribution in [-0.2, 0) is 14.9 Å². The highest BCUT2D eigenvalue weighted by Gasteiger charge is 2.19. The van der Waals surface area contributed by atoms with Crippen molar-refractivity contribution >= 4 is 34.4 Å². The van der Waals surface area contributed by atoms with Gasteiger partial charge in [0.05, 0.1) is 12.3 Å². The van der Waals surface area contributed by atoms with Gasteiger partial charge in [0.15, 0.2) is 10.8 Å². The fourth-order valence-electron chi connectivity index (χ4n) is 2.36. The molecule has 0 spiro atoms. The van der Waals surface area contributed by atoms with E-state index in [0.717, 1.165) is 33.0 Å². The predicted molar refractivity (Wildman–Crippen MR) is 102 cm³/mol. The number of benzene rings is 1. The fourth-order valence-corrected chi connectivity index (χ4v) is 3.35. The fraction of sp³-hybridized carbons (Fsp3) is 0.300. The molecule has 0 aliphatic rings. The maximum atomic E-state index is 11.4. The van der Waals surface area contributed by atoms with E-state index in [-0.39, 0.29) is 11.4 Å². The third-order valence-corrected chi connectivity index (χ3v) is 4.58. The number of ether oxygens (including phenoxy) is 1. The lowest BCUT2D eigenvalue weighted by Crippen LogP contribution is -2.11. The van der Waals surface area contributed by atoms with Gasteiger partial charge in [0.25, 0.3) is 0 Å². The van der Waals surface area contributed by atoms with E-state index in [1.165, 1.54) is 6.08 Å². The van der Waals surface area contributed by atoms with Crippen LogP contribution in [0, 0.1) is 0 Å². The molecule has 0 amide bonds. The summed E-state index contributed by atoms with van der Waals surface area (Å²) in [4.78, 5) is 16.1. The molecule has 130 valence electrons. The van der Waals surface area contributed by atoms with Crippen LogP contribution in [0.25, 0.3) is 27.8 Å². The second kappa shape index (κ2) is 6.84. The molecule has 0 bridgehead atoms. The van der Waals surface area contributed by atoms with Crippen LogP contribution in [0.3, 0.4) is 0 Å². The van der Waals surface area contributed by atoms with Crippen molar-refractivity contribution in [3.8, 4) is 10.8 Å².